The first kappa shape index (κ1) is 19.2. The first-order chi connectivity index (χ1) is 11.8. The van der Waals surface area contributed by atoms with Gasteiger partial charge in [-0.05, 0) is 43.5 Å². The smallest absolute Gasteiger partial charge is 0.416 e. The predicted octanol–water partition coefficient (Wildman–Crippen LogP) is 5.42. The third-order valence-corrected chi connectivity index (χ3v) is 3.69. The highest BCUT2D eigenvalue weighted by Gasteiger charge is 2.30. The van der Waals surface area contributed by atoms with Crippen molar-refractivity contribution in [1.82, 2.24) is 10.3 Å². The third-order valence-electron chi connectivity index (χ3n) is 3.69. The molecule has 1 atom stereocenters. The van der Waals surface area contributed by atoms with E-state index < -0.39 is 11.7 Å². The lowest BCUT2D eigenvalue weighted by Crippen LogP contribution is -2.27. The number of hydrogen-bond donors (Lipinski definition) is 1. The van der Waals surface area contributed by atoms with Crippen molar-refractivity contribution in [2.45, 2.75) is 46.0 Å². The summed E-state index contributed by atoms with van der Waals surface area (Å²) in [5.74, 6) is 1.01. The van der Waals surface area contributed by atoms with Crippen molar-refractivity contribution in [2.24, 2.45) is 5.92 Å². The van der Waals surface area contributed by atoms with E-state index in [2.05, 4.69) is 31.1 Å². The molecule has 0 aliphatic carbocycles. The fraction of sp³-hybridized carbons (Fsp3) is 0.421. The van der Waals surface area contributed by atoms with Gasteiger partial charge < -0.3 is 10.1 Å². The Morgan fingerprint density at radius 2 is 1.88 bits per heavy atom. The molecule has 1 unspecified atom stereocenters. The maximum Gasteiger partial charge on any atom is 0.416 e. The Morgan fingerprint density at radius 3 is 2.56 bits per heavy atom. The van der Waals surface area contributed by atoms with E-state index in [9.17, 15) is 13.2 Å². The van der Waals surface area contributed by atoms with Crippen molar-refractivity contribution < 1.29 is 17.9 Å². The second-order valence-electron chi connectivity index (χ2n) is 6.51. The quantitative estimate of drug-likeness (QED) is 0.723. The second kappa shape index (κ2) is 8.34. The van der Waals surface area contributed by atoms with Gasteiger partial charge in [-0.1, -0.05) is 26.0 Å². The third kappa shape index (κ3) is 6.05. The molecule has 25 heavy (non-hydrogen) atoms. The Kier molecular flexibility index (Phi) is 6.42. The summed E-state index contributed by atoms with van der Waals surface area (Å²) in [6.45, 7) is 6.95. The lowest BCUT2D eigenvalue weighted by molar-refractivity contribution is -0.137. The van der Waals surface area contributed by atoms with Gasteiger partial charge in [0.2, 0.25) is 5.88 Å². The molecule has 1 aromatic heterocycles. The van der Waals surface area contributed by atoms with Gasteiger partial charge in [-0.25, -0.2) is 4.98 Å². The number of nitrogens with one attached hydrogen (secondary N) is 1. The van der Waals surface area contributed by atoms with Gasteiger partial charge in [0.1, 0.15) is 5.75 Å². The molecule has 0 aliphatic rings. The van der Waals surface area contributed by atoms with Crippen molar-refractivity contribution >= 4 is 0 Å². The van der Waals surface area contributed by atoms with Gasteiger partial charge >= 0.3 is 6.18 Å². The summed E-state index contributed by atoms with van der Waals surface area (Å²) < 4.78 is 44.1. The van der Waals surface area contributed by atoms with E-state index >= 15 is 0 Å². The molecule has 3 nitrogen and oxygen atoms in total. The second-order valence-corrected chi connectivity index (χ2v) is 6.51. The van der Waals surface area contributed by atoms with Crippen molar-refractivity contribution in [3.63, 3.8) is 0 Å². The van der Waals surface area contributed by atoms with E-state index in [1.807, 2.05) is 6.07 Å². The van der Waals surface area contributed by atoms with Crippen LogP contribution in [-0.4, -0.2) is 11.0 Å². The monoisotopic (exact) mass is 352 g/mol. The number of hydrogen-bond acceptors (Lipinski definition) is 3. The van der Waals surface area contributed by atoms with Crippen LogP contribution in [0.15, 0.2) is 42.6 Å². The molecular formula is C19H23F3N2O. The van der Waals surface area contributed by atoms with Crippen molar-refractivity contribution in [1.29, 1.82) is 0 Å². The molecule has 2 rings (SSSR count). The number of aromatic nitrogens is 1. The minimum absolute atomic E-state index is 0.116. The molecule has 0 bridgehead atoms. The van der Waals surface area contributed by atoms with Gasteiger partial charge in [0.25, 0.3) is 0 Å². The molecule has 0 fully saturated rings. The predicted molar refractivity (Wildman–Crippen MR) is 91.5 cm³/mol. The summed E-state index contributed by atoms with van der Waals surface area (Å²) in [6, 6.07) is 8.76. The molecule has 6 heteroatoms. The first-order valence-corrected chi connectivity index (χ1v) is 8.28. The van der Waals surface area contributed by atoms with Gasteiger partial charge in [0, 0.05) is 24.3 Å². The van der Waals surface area contributed by atoms with Crippen LogP contribution in [0.5, 0.6) is 11.6 Å². The summed E-state index contributed by atoms with van der Waals surface area (Å²) in [5.41, 5.74) is 0.0571. The van der Waals surface area contributed by atoms with Crippen LogP contribution >= 0.6 is 0 Å². The Hall–Kier alpha value is -2.08. The number of rotatable bonds is 7. The van der Waals surface area contributed by atoms with Gasteiger partial charge in [0.15, 0.2) is 0 Å². The molecule has 1 aromatic carbocycles. The molecule has 0 spiro atoms. The number of halogens is 3. The number of ether oxygens (including phenoxy) is 1. The number of pyridine rings is 1. The first-order valence-electron chi connectivity index (χ1n) is 8.28. The maximum atomic E-state index is 12.8. The molecular weight excluding hydrogens is 329 g/mol. The highest BCUT2D eigenvalue weighted by molar-refractivity contribution is 5.35. The SMILES string of the molecule is CC(C)CC(C)NCc1cccnc1Oc1cccc(C(F)(F)F)c1. The standard InChI is InChI=1S/C19H23F3N2O/c1-13(2)10-14(3)24-12-15-6-5-9-23-18(15)25-17-8-4-7-16(11-17)19(20,21)22/h4-9,11,13-14,24H,10,12H2,1-3H3. The topological polar surface area (TPSA) is 34.2 Å². The molecule has 1 heterocycles. The lowest BCUT2D eigenvalue weighted by atomic mass is 10.1. The van der Waals surface area contributed by atoms with Gasteiger partial charge in [-0.2, -0.15) is 13.2 Å². The van der Waals surface area contributed by atoms with Gasteiger partial charge in [0.05, 0.1) is 5.56 Å². The summed E-state index contributed by atoms with van der Waals surface area (Å²) in [4.78, 5) is 4.16. The molecule has 0 radical (unpaired) electrons. The zero-order valence-electron chi connectivity index (χ0n) is 14.6. The van der Waals surface area contributed by atoms with Crippen molar-refractivity contribution in [2.75, 3.05) is 0 Å². The number of nitrogens with zero attached hydrogens (tertiary/aromatic N) is 1. The Morgan fingerprint density at radius 1 is 1.12 bits per heavy atom. The average Bonchev–Trinajstić information content (AvgIpc) is 2.53. The maximum absolute atomic E-state index is 12.8. The minimum atomic E-state index is -4.40. The van der Waals surface area contributed by atoms with Crippen LogP contribution in [0.3, 0.4) is 0 Å². The number of benzene rings is 1. The lowest BCUT2D eigenvalue weighted by Gasteiger charge is -2.17. The van der Waals surface area contributed by atoms with Gasteiger partial charge in [-0.15, -0.1) is 0 Å². The molecule has 0 saturated carbocycles. The van der Waals surface area contributed by atoms with E-state index in [1.54, 1.807) is 12.3 Å². The van der Waals surface area contributed by atoms with Crippen LogP contribution in [0.25, 0.3) is 0 Å². The van der Waals surface area contributed by atoms with Crippen LogP contribution in [0, 0.1) is 5.92 Å². The zero-order chi connectivity index (χ0) is 18.4. The minimum Gasteiger partial charge on any atom is -0.439 e. The van der Waals surface area contributed by atoms with E-state index in [0.717, 1.165) is 24.1 Å². The molecule has 0 saturated heterocycles. The van der Waals surface area contributed by atoms with Crippen LogP contribution in [0.2, 0.25) is 0 Å². The summed E-state index contributed by atoms with van der Waals surface area (Å²) in [7, 11) is 0. The summed E-state index contributed by atoms with van der Waals surface area (Å²) in [5, 5.41) is 3.39. The molecule has 0 amide bonds. The van der Waals surface area contributed by atoms with Crippen molar-refractivity contribution in [3.8, 4) is 11.6 Å². The fourth-order valence-electron chi connectivity index (χ4n) is 2.57. The normalized spacial score (nSPS) is 13.1. The van der Waals surface area contributed by atoms with Crippen LogP contribution < -0.4 is 10.1 Å². The van der Waals surface area contributed by atoms with Crippen LogP contribution in [-0.2, 0) is 12.7 Å². The highest BCUT2D eigenvalue weighted by atomic mass is 19.4. The highest BCUT2D eigenvalue weighted by Crippen LogP contribution is 2.32. The molecule has 136 valence electrons. The van der Waals surface area contributed by atoms with E-state index in [4.69, 9.17) is 4.74 Å². The zero-order valence-corrected chi connectivity index (χ0v) is 14.6. The molecule has 1 N–H and O–H groups in total. The largest absolute Gasteiger partial charge is 0.439 e. The molecule has 0 aliphatic heterocycles. The Bertz CT molecular complexity index is 686. The van der Waals surface area contributed by atoms with E-state index in [0.29, 0.717) is 24.4 Å². The van der Waals surface area contributed by atoms with E-state index in [1.165, 1.54) is 12.1 Å². The number of alkyl halides is 3. The van der Waals surface area contributed by atoms with Crippen molar-refractivity contribution in [3.05, 3.63) is 53.7 Å². The molecule has 2 aromatic rings. The van der Waals surface area contributed by atoms with Crippen LogP contribution in [0.1, 0.15) is 38.3 Å². The summed E-state index contributed by atoms with van der Waals surface area (Å²) >= 11 is 0. The Labute approximate surface area is 146 Å². The average molecular weight is 352 g/mol. The Balaban J connectivity index is 2.10. The van der Waals surface area contributed by atoms with Gasteiger partial charge in [-0.3, -0.25) is 0 Å². The van der Waals surface area contributed by atoms with E-state index in [-0.39, 0.29) is 5.75 Å². The van der Waals surface area contributed by atoms with Crippen LogP contribution in [0.4, 0.5) is 13.2 Å². The summed E-state index contributed by atoms with van der Waals surface area (Å²) in [6.07, 6.45) is -1.81. The fourth-order valence-corrected chi connectivity index (χ4v) is 2.57.